The van der Waals surface area contributed by atoms with E-state index in [2.05, 4.69) is 45.4 Å². The maximum Gasteiger partial charge on any atom is 0.405 e. The molecule has 1 aromatic heterocycles. The normalized spacial score (nSPS) is 12.9. The third kappa shape index (κ3) is 6.42. The number of nitrogens with one attached hydrogen (secondary N) is 2. The van der Waals surface area contributed by atoms with Crippen LogP contribution in [-0.4, -0.2) is 50.3 Å². The number of fused-ring (bicyclic) bond motifs is 1. The number of rotatable bonds is 8. The Hall–Kier alpha value is -4.81. The highest BCUT2D eigenvalue weighted by Gasteiger charge is 2.31. The minimum atomic E-state index is -1.28. The lowest BCUT2D eigenvalue weighted by atomic mass is 10.0. The van der Waals surface area contributed by atoms with Gasteiger partial charge < -0.3 is 25.4 Å². The van der Waals surface area contributed by atoms with Crippen LogP contribution in [0.15, 0.2) is 36.4 Å². The Balaban J connectivity index is 1.72. The number of aromatic nitrogens is 2. The molecule has 0 fully saturated rings. The van der Waals surface area contributed by atoms with Crippen LogP contribution in [-0.2, 0) is 17.8 Å². The molecular weight excluding hydrogens is 530 g/mol. The van der Waals surface area contributed by atoms with E-state index in [1.165, 1.54) is 0 Å². The van der Waals surface area contributed by atoms with E-state index in [1.54, 1.807) is 41.3 Å². The van der Waals surface area contributed by atoms with Gasteiger partial charge in [-0.3, -0.25) is 4.79 Å². The van der Waals surface area contributed by atoms with E-state index in [0.717, 1.165) is 11.1 Å². The summed E-state index contributed by atoms with van der Waals surface area (Å²) in [6.07, 6.45) is -0.641. The molecule has 2 heterocycles. The lowest BCUT2D eigenvalue weighted by Gasteiger charge is -2.32. The number of benzene rings is 2. The average molecular weight is 558 g/mol. The summed E-state index contributed by atoms with van der Waals surface area (Å²) < 4.78 is 6.35. The number of ether oxygens (including phenoxy) is 1. The zero-order chi connectivity index (χ0) is 28.8. The third-order valence-corrected chi connectivity index (χ3v) is 6.66. The SMILES string of the molecule is Cc1cc(C#N)cc(C)c1Oc1nc(Nc2ccc(C#N)cc2)nc2c1CN(C(=O)C(CCS)NC(=O)O)CC2. The second kappa shape index (κ2) is 12.4. The number of hydrogen-bond acceptors (Lipinski definition) is 9. The summed E-state index contributed by atoms with van der Waals surface area (Å²) in [6.45, 7) is 4.13. The van der Waals surface area contributed by atoms with Crippen molar-refractivity contribution in [3.63, 3.8) is 0 Å². The minimum Gasteiger partial charge on any atom is -0.465 e. The van der Waals surface area contributed by atoms with E-state index >= 15 is 0 Å². The molecule has 40 heavy (non-hydrogen) atoms. The van der Waals surface area contributed by atoms with Crippen molar-refractivity contribution in [2.24, 2.45) is 0 Å². The van der Waals surface area contributed by atoms with Crippen molar-refractivity contribution < 1.29 is 19.4 Å². The number of nitriles is 2. The smallest absolute Gasteiger partial charge is 0.405 e. The Morgan fingerprint density at radius 1 is 1.12 bits per heavy atom. The van der Waals surface area contributed by atoms with Gasteiger partial charge in [-0.25, -0.2) is 9.78 Å². The van der Waals surface area contributed by atoms with Crippen molar-refractivity contribution in [1.82, 2.24) is 20.2 Å². The van der Waals surface area contributed by atoms with Gasteiger partial charge in [0.05, 0.1) is 41.1 Å². The van der Waals surface area contributed by atoms with E-state index in [0.29, 0.717) is 52.5 Å². The molecule has 0 radical (unpaired) electrons. The molecule has 2 amide bonds. The average Bonchev–Trinajstić information content (AvgIpc) is 2.94. The first-order chi connectivity index (χ1) is 19.2. The Morgan fingerprint density at radius 2 is 1.80 bits per heavy atom. The number of carbonyl (C=O) groups excluding carboxylic acids is 1. The Morgan fingerprint density at radius 3 is 2.40 bits per heavy atom. The molecule has 4 rings (SSSR count). The van der Waals surface area contributed by atoms with Gasteiger partial charge in [-0.15, -0.1) is 0 Å². The largest absolute Gasteiger partial charge is 0.465 e. The van der Waals surface area contributed by atoms with Crippen molar-refractivity contribution in [1.29, 1.82) is 10.5 Å². The van der Waals surface area contributed by atoms with Crippen molar-refractivity contribution in [2.45, 2.75) is 39.3 Å². The van der Waals surface area contributed by atoms with Gasteiger partial charge in [-0.2, -0.15) is 28.1 Å². The molecule has 1 aliphatic rings. The van der Waals surface area contributed by atoms with E-state index < -0.39 is 12.1 Å². The van der Waals surface area contributed by atoms with E-state index in [-0.39, 0.29) is 30.7 Å². The second-order valence-electron chi connectivity index (χ2n) is 9.27. The van der Waals surface area contributed by atoms with Gasteiger partial charge in [0.15, 0.2) is 0 Å². The number of aryl methyl sites for hydroxylation is 2. The lowest BCUT2D eigenvalue weighted by Crippen LogP contribution is -2.50. The molecule has 1 atom stereocenters. The number of thiol groups is 1. The number of carbonyl (C=O) groups is 2. The summed E-state index contributed by atoms with van der Waals surface area (Å²) in [5.74, 6) is 1.03. The Labute approximate surface area is 236 Å². The lowest BCUT2D eigenvalue weighted by molar-refractivity contribution is -0.134. The zero-order valence-electron chi connectivity index (χ0n) is 21.9. The standard InChI is InChI=1S/C28H27N7O4S/c1-16-11-19(14-30)12-17(2)24(16)39-25-21-15-35(26(36)23(8-10-40)33-28(37)38)9-7-22(21)32-27(34-25)31-20-5-3-18(13-29)4-6-20/h3-6,11-12,23,33,40H,7-10,15H2,1-2H3,(H,37,38)(H,31,32,34). The third-order valence-electron chi connectivity index (χ3n) is 6.41. The first-order valence-corrected chi connectivity index (χ1v) is 13.1. The van der Waals surface area contributed by atoms with Crippen LogP contribution >= 0.6 is 12.6 Å². The monoisotopic (exact) mass is 557 g/mol. The molecule has 0 bridgehead atoms. The maximum absolute atomic E-state index is 13.3. The Bertz CT molecular complexity index is 1510. The van der Waals surface area contributed by atoms with Crippen LogP contribution in [0.2, 0.25) is 0 Å². The van der Waals surface area contributed by atoms with Gasteiger partial charge in [0.2, 0.25) is 17.7 Å². The maximum atomic E-state index is 13.3. The molecule has 204 valence electrons. The minimum absolute atomic E-state index is 0.124. The molecule has 0 saturated carbocycles. The van der Waals surface area contributed by atoms with Crippen LogP contribution in [0.1, 0.15) is 39.9 Å². The molecule has 2 aromatic carbocycles. The molecule has 1 unspecified atom stereocenters. The zero-order valence-corrected chi connectivity index (χ0v) is 22.8. The predicted octanol–water partition coefficient (Wildman–Crippen LogP) is 4.21. The van der Waals surface area contributed by atoms with Crippen LogP contribution < -0.4 is 15.4 Å². The second-order valence-corrected chi connectivity index (χ2v) is 9.72. The van der Waals surface area contributed by atoms with Crippen LogP contribution in [0, 0.1) is 36.5 Å². The molecule has 0 spiro atoms. The topological polar surface area (TPSA) is 164 Å². The molecule has 3 N–H and O–H groups in total. The van der Waals surface area contributed by atoms with Gasteiger partial charge in [-0.1, -0.05) is 0 Å². The van der Waals surface area contributed by atoms with Crippen molar-refractivity contribution in [3.05, 3.63) is 69.9 Å². The molecule has 1 aliphatic heterocycles. The van der Waals surface area contributed by atoms with Gasteiger partial charge >= 0.3 is 6.09 Å². The predicted molar refractivity (Wildman–Crippen MR) is 150 cm³/mol. The number of carboxylic acid groups (broad SMARTS) is 1. The van der Waals surface area contributed by atoms with Crippen LogP contribution in [0.5, 0.6) is 11.6 Å². The fourth-order valence-corrected chi connectivity index (χ4v) is 4.76. The molecule has 3 aromatic rings. The Kier molecular flexibility index (Phi) is 8.72. The molecule has 11 nitrogen and oxygen atoms in total. The summed E-state index contributed by atoms with van der Waals surface area (Å²) >= 11 is 4.17. The number of anilines is 2. The van der Waals surface area contributed by atoms with E-state index in [1.807, 2.05) is 13.8 Å². The van der Waals surface area contributed by atoms with Gasteiger partial charge in [0.25, 0.3) is 0 Å². The first-order valence-electron chi connectivity index (χ1n) is 12.5. The highest BCUT2D eigenvalue weighted by atomic mass is 32.1. The van der Waals surface area contributed by atoms with Gasteiger partial charge in [0.1, 0.15) is 11.8 Å². The van der Waals surface area contributed by atoms with Crippen molar-refractivity contribution >= 4 is 36.3 Å². The fourth-order valence-electron chi connectivity index (χ4n) is 4.50. The molecular formula is C28H27N7O4S. The summed E-state index contributed by atoms with van der Waals surface area (Å²) in [5.41, 5.74) is 4.48. The van der Waals surface area contributed by atoms with Crippen molar-refractivity contribution in [2.75, 3.05) is 17.6 Å². The van der Waals surface area contributed by atoms with Crippen LogP contribution in [0.25, 0.3) is 0 Å². The number of amides is 2. The summed E-state index contributed by atoms with van der Waals surface area (Å²) in [4.78, 5) is 35.4. The highest BCUT2D eigenvalue weighted by Crippen LogP contribution is 2.35. The first kappa shape index (κ1) is 28.2. The number of nitrogens with zero attached hydrogens (tertiary/aromatic N) is 5. The fraction of sp³-hybridized carbons (Fsp3) is 0.286. The van der Waals surface area contributed by atoms with Gasteiger partial charge in [0, 0.05) is 18.7 Å². The van der Waals surface area contributed by atoms with E-state index in [9.17, 15) is 20.0 Å². The molecule has 0 saturated heterocycles. The highest BCUT2D eigenvalue weighted by molar-refractivity contribution is 7.80. The van der Waals surface area contributed by atoms with E-state index in [4.69, 9.17) is 10.00 Å². The quantitative estimate of drug-likeness (QED) is 0.297. The van der Waals surface area contributed by atoms with Gasteiger partial charge in [-0.05, 0) is 73.5 Å². The molecule has 0 aliphatic carbocycles. The summed E-state index contributed by atoms with van der Waals surface area (Å²) in [6, 6.07) is 13.6. The van der Waals surface area contributed by atoms with Crippen LogP contribution in [0.3, 0.4) is 0 Å². The summed E-state index contributed by atoms with van der Waals surface area (Å²) in [7, 11) is 0. The number of hydrogen-bond donors (Lipinski definition) is 4. The summed E-state index contributed by atoms with van der Waals surface area (Å²) in [5, 5.41) is 33.0. The molecule has 12 heteroatoms. The van der Waals surface area contributed by atoms with Crippen molar-refractivity contribution in [3.8, 4) is 23.8 Å². The van der Waals surface area contributed by atoms with Crippen LogP contribution in [0.4, 0.5) is 16.4 Å².